The van der Waals surface area contributed by atoms with E-state index in [1.54, 1.807) is 35.2 Å². The number of ketones is 1. The van der Waals surface area contributed by atoms with E-state index in [4.69, 9.17) is 9.47 Å². The maximum atomic E-state index is 13.6. The largest absolute Gasteiger partial charge is 0.504 e. The molecule has 0 spiro atoms. The number of thioether (sulfide) groups is 1. The van der Waals surface area contributed by atoms with Crippen molar-refractivity contribution in [2.45, 2.75) is 38.5 Å². The molecule has 0 amide bonds. The predicted molar refractivity (Wildman–Crippen MR) is 136 cm³/mol. The molecular formula is C26H29NO5S2. The fraction of sp³-hybridized carbons (Fsp3) is 0.385. The van der Waals surface area contributed by atoms with Crippen molar-refractivity contribution in [3.8, 4) is 11.5 Å². The molecule has 2 unspecified atom stereocenters. The highest BCUT2D eigenvalue weighted by Gasteiger charge is 2.41. The molecule has 0 bridgehead atoms. The van der Waals surface area contributed by atoms with Crippen LogP contribution in [-0.2, 0) is 14.3 Å². The monoisotopic (exact) mass is 499 g/mol. The van der Waals surface area contributed by atoms with E-state index in [0.29, 0.717) is 47.6 Å². The molecule has 4 rings (SSSR count). The van der Waals surface area contributed by atoms with Crippen molar-refractivity contribution < 1.29 is 24.2 Å². The van der Waals surface area contributed by atoms with Crippen molar-refractivity contribution in [2.24, 2.45) is 0 Å². The number of hydrogen-bond donors (Lipinski definition) is 2. The zero-order valence-corrected chi connectivity index (χ0v) is 21.2. The van der Waals surface area contributed by atoms with Gasteiger partial charge >= 0.3 is 5.97 Å². The van der Waals surface area contributed by atoms with E-state index in [0.717, 1.165) is 17.2 Å². The molecule has 2 N–H and O–H groups in total. The second kappa shape index (κ2) is 10.7. The van der Waals surface area contributed by atoms with Crippen LogP contribution in [0, 0.1) is 0 Å². The molecule has 0 fully saturated rings. The van der Waals surface area contributed by atoms with Crippen LogP contribution < -0.4 is 10.1 Å². The molecule has 34 heavy (non-hydrogen) atoms. The molecule has 1 aliphatic heterocycles. The number of rotatable bonds is 8. The van der Waals surface area contributed by atoms with Crippen molar-refractivity contribution in [1.82, 2.24) is 5.32 Å². The summed E-state index contributed by atoms with van der Waals surface area (Å²) in [6.07, 6.45) is 1.08. The Morgan fingerprint density at radius 1 is 1.29 bits per heavy atom. The van der Waals surface area contributed by atoms with E-state index in [-0.39, 0.29) is 17.5 Å². The normalized spacial score (nSPS) is 20.1. The molecule has 0 saturated heterocycles. The van der Waals surface area contributed by atoms with E-state index in [1.807, 2.05) is 18.4 Å². The third-order valence-corrected chi connectivity index (χ3v) is 8.09. The van der Waals surface area contributed by atoms with Gasteiger partial charge in [0.2, 0.25) is 0 Å². The van der Waals surface area contributed by atoms with Crippen LogP contribution in [0.4, 0.5) is 0 Å². The minimum absolute atomic E-state index is 0.00327. The van der Waals surface area contributed by atoms with Gasteiger partial charge in [0.05, 0.1) is 12.7 Å². The molecule has 2 aliphatic rings. The Bertz CT molecular complexity index is 1140. The summed E-state index contributed by atoms with van der Waals surface area (Å²) in [5.74, 6) is 1.07. The Morgan fingerprint density at radius 3 is 2.82 bits per heavy atom. The Balaban J connectivity index is 1.75. The lowest BCUT2D eigenvalue weighted by Crippen LogP contribution is -2.36. The van der Waals surface area contributed by atoms with Crippen LogP contribution >= 0.6 is 23.1 Å². The fourth-order valence-electron chi connectivity index (χ4n) is 4.66. The molecular weight excluding hydrogens is 470 g/mol. The number of phenolic OH excluding ortho intramolecular Hbond substituents is 1. The highest BCUT2D eigenvalue weighted by Crippen LogP contribution is 2.47. The molecule has 8 heteroatoms. The minimum atomic E-state index is -0.589. The van der Waals surface area contributed by atoms with E-state index >= 15 is 0 Å². The number of dihydropyridines is 1. The zero-order valence-electron chi connectivity index (χ0n) is 19.6. The maximum Gasteiger partial charge on any atom is 0.336 e. The van der Waals surface area contributed by atoms with Crippen LogP contribution in [0.15, 0.2) is 58.3 Å². The topological polar surface area (TPSA) is 84.9 Å². The van der Waals surface area contributed by atoms with Crippen molar-refractivity contribution >= 4 is 34.9 Å². The van der Waals surface area contributed by atoms with Crippen LogP contribution in [0.3, 0.4) is 0 Å². The SMILES string of the molecule is CCSCCOC(=O)C1=C(C)NC2=C(C(=O)CC(c3cccs3)C2)C1c1ccc(O)c(OC)c1. The van der Waals surface area contributed by atoms with Crippen LogP contribution in [0.25, 0.3) is 0 Å². The van der Waals surface area contributed by atoms with Crippen LogP contribution in [0.2, 0.25) is 0 Å². The smallest absolute Gasteiger partial charge is 0.336 e. The molecule has 0 saturated carbocycles. The van der Waals surface area contributed by atoms with Crippen LogP contribution in [-0.4, -0.2) is 42.1 Å². The van der Waals surface area contributed by atoms with E-state index < -0.39 is 11.9 Å². The molecule has 1 aromatic heterocycles. The van der Waals surface area contributed by atoms with Gasteiger partial charge in [-0.05, 0) is 48.2 Å². The van der Waals surface area contributed by atoms with E-state index in [2.05, 4.69) is 18.3 Å². The first kappa shape index (κ1) is 24.4. The van der Waals surface area contributed by atoms with Gasteiger partial charge < -0.3 is 19.9 Å². The van der Waals surface area contributed by atoms with Gasteiger partial charge in [0.25, 0.3) is 0 Å². The lowest BCUT2D eigenvalue weighted by molar-refractivity contribution is -0.138. The summed E-state index contributed by atoms with van der Waals surface area (Å²) >= 11 is 3.36. The first-order chi connectivity index (χ1) is 16.4. The number of hydrogen-bond acceptors (Lipinski definition) is 8. The summed E-state index contributed by atoms with van der Waals surface area (Å²) in [4.78, 5) is 28.0. The number of thiophene rings is 1. The number of allylic oxidation sites excluding steroid dienone is 3. The maximum absolute atomic E-state index is 13.6. The standard InChI is InChI=1S/C26H29NO5S2/c1-4-33-11-9-32-26(30)23-15(2)27-18-12-17(22-6-5-10-34-22)13-20(29)25(18)24(23)16-7-8-19(28)21(14-16)31-3/h5-8,10,14,17,24,27-28H,4,9,11-13H2,1-3H3. The van der Waals surface area contributed by atoms with Gasteiger partial charge in [-0.15, -0.1) is 11.3 Å². The van der Waals surface area contributed by atoms with Gasteiger partial charge in [-0.2, -0.15) is 11.8 Å². The van der Waals surface area contributed by atoms with E-state index in [9.17, 15) is 14.7 Å². The summed E-state index contributed by atoms with van der Waals surface area (Å²) in [5, 5.41) is 15.5. The number of carbonyl (C=O) groups is 2. The summed E-state index contributed by atoms with van der Waals surface area (Å²) in [5.41, 5.74) is 3.27. The first-order valence-corrected chi connectivity index (χ1v) is 13.4. The number of methoxy groups -OCH3 is 1. The second-order valence-electron chi connectivity index (χ2n) is 8.30. The summed E-state index contributed by atoms with van der Waals surface area (Å²) in [6, 6.07) is 9.05. The van der Waals surface area contributed by atoms with Crippen molar-refractivity contribution in [3.63, 3.8) is 0 Å². The molecule has 1 aliphatic carbocycles. The number of nitrogens with one attached hydrogen (secondary N) is 1. The minimum Gasteiger partial charge on any atom is -0.504 e. The average molecular weight is 500 g/mol. The van der Waals surface area contributed by atoms with Gasteiger partial charge in [0, 0.05) is 45.9 Å². The number of Topliss-reactive ketones (excluding diaryl/α,β-unsaturated/α-hetero) is 1. The Hall–Kier alpha value is -2.71. The van der Waals surface area contributed by atoms with Crippen molar-refractivity contribution in [3.05, 3.63) is 68.7 Å². The number of phenols is 1. The summed E-state index contributed by atoms with van der Waals surface area (Å²) < 4.78 is 10.9. The lowest BCUT2D eigenvalue weighted by Gasteiger charge is -2.36. The van der Waals surface area contributed by atoms with Gasteiger partial charge in [-0.1, -0.05) is 19.1 Å². The van der Waals surface area contributed by atoms with Gasteiger partial charge in [-0.3, -0.25) is 4.79 Å². The zero-order chi connectivity index (χ0) is 24.2. The molecule has 0 radical (unpaired) electrons. The van der Waals surface area contributed by atoms with Crippen LogP contribution in [0.1, 0.15) is 49.0 Å². The van der Waals surface area contributed by atoms with E-state index in [1.165, 1.54) is 18.1 Å². The van der Waals surface area contributed by atoms with Gasteiger partial charge in [0.1, 0.15) is 6.61 Å². The average Bonchev–Trinajstić information content (AvgIpc) is 3.36. The number of esters is 1. The number of benzene rings is 1. The third kappa shape index (κ3) is 4.88. The lowest BCUT2D eigenvalue weighted by atomic mass is 9.72. The first-order valence-electron chi connectivity index (χ1n) is 11.3. The molecule has 2 aromatic rings. The Morgan fingerprint density at radius 2 is 2.12 bits per heavy atom. The predicted octanol–water partition coefficient (Wildman–Crippen LogP) is 5.12. The number of aromatic hydroxyl groups is 1. The molecule has 1 aromatic carbocycles. The highest BCUT2D eigenvalue weighted by molar-refractivity contribution is 7.99. The van der Waals surface area contributed by atoms with Gasteiger partial charge in [-0.25, -0.2) is 4.79 Å². The van der Waals surface area contributed by atoms with Crippen LogP contribution in [0.5, 0.6) is 11.5 Å². The molecule has 2 atom stereocenters. The van der Waals surface area contributed by atoms with Crippen molar-refractivity contribution in [2.75, 3.05) is 25.2 Å². The summed E-state index contributed by atoms with van der Waals surface area (Å²) in [6.45, 7) is 4.22. The Labute approximate surface area is 208 Å². The number of ether oxygens (including phenoxy) is 2. The second-order valence-corrected chi connectivity index (χ2v) is 10.7. The highest BCUT2D eigenvalue weighted by atomic mass is 32.2. The number of carbonyl (C=O) groups excluding carboxylic acids is 2. The third-order valence-electron chi connectivity index (χ3n) is 6.20. The molecule has 180 valence electrons. The molecule has 6 nitrogen and oxygen atoms in total. The van der Waals surface area contributed by atoms with Crippen molar-refractivity contribution in [1.29, 1.82) is 0 Å². The summed E-state index contributed by atoms with van der Waals surface area (Å²) in [7, 11) is 1.48. The fourth-order valence-corrected chi connectivity index (χ4v) is 5.98. The molecule has 2 heterocycles. The quantitative estimate of drug-likeness (QED) is 0.385. The van der Waals surface area contributed by atoms with Gasteiger partial charge in [0.15, 0.2) is 17.3 Å². The Kier molecular flexibility index (Phi) is 7.68.